The maximum absolute atomic E-state index is 10.7. The number of aliphatic carboxylic acids is 1. The highest BCUT2D eigenvalue weighted by atomic mass is 16.4. The molecular weight excluding hydrogens is 166 g/mol. The highest BCUT2D eigenvalue weighted by molar-refractivity contribution is 5.70. The number of rotatable bonds is 2. The summed E-state index contributed by atoms with van der Waals surface area (Å²) in [6.07, 6.45) is 7.08. The van der Waals surface area contributed by atoms with Gasteiger partial charge in [-0.15, -0.1) is 0 Å². The van der Waals surface area contributed by atoms with Gasteiger partial charge in [0.15, 0.2) is 0 Å². The average molecular weight is 181 g/mol. The molecule has 3 heteroatoms. The minimum absolute atomic E-state index is 0.0920. The van der Waals surface area contributed by atoms with Gasteiger partial charge in [0.2, 0.25) is 0 Å². The zero-order valence-electron chi connectivity index (χ0n) is 7.65. The van der Waals surface area contributed by atoms with Crippen LogP contribution in [-0.2, 0) is 4.79 Å². The summed E-state index contributed by atoms with van der Waals surface area (Å²) in [5.74, 6) is -0.708. The molecule has 0 bridgehead atoms. The Morgan fingerprint density at radius 1 is 1.31 bits per heavy atom. The molecule has 72 valence electrons. The molecule has 1 aliphatic carbocycles. The van der Waals surface area contributed by atoms with Gasteiger partial charge in [-0.1, -0.05) is 12.2 Å². The molecule has 0 radical (unpaired) electrons. The van der Waals surface area contributed by atoms with E-state index in [0.29, 0.717) is 6.04 Å². The molecule has 2 aliphatic rings. The summed E-state index contributed by atoms with van der Waals surface area (Å²) in [5.41, 5.74) is 0. The number of nitrogens with zero attached hydrogens (tertiary/aromatic N) is 1. The van der Waals surface area contributed by atoms with Gasteiger partial charge in [-0.25, -0.2) is 0 Å². The second kappa shape index (κ2) is 3.50. The predicted octanol–water partition coefficient (Wildman–Crippen LogP) is 1.11. The van der Waals surface area contributed by atoms with Crippen LogP contribution in [0.2, 0.25) is 0 Å². The molecule has 1 N–H and O–H groups in total. The van der Waals surface area contributed by atoms with Crippen LogP contribution in [0, 0.1) is 5.92 Å². The van der Waals surface area contributed by atoms with Crippen molar-refractivity contribution in [3.63, 3.8) is 0 Å². The Labute approximate surface area is 78.0 Å². The Hall–Kier alpha value is -0.830. The van der Waals surface area contributed by atoms with Gasteiger partial charge in [-0.2, -0.15) is 0 Å². The minimum Gasteiger partial charge on any atom is -0.481 e. The first-order chi connectivity index (χ1) is 6.27. The third-order valence-corrected chi connectivity index (χ3v) is 3.12. The first kappa shape index (κ1) is 8.75. The van der Waals surface area contributed by atoms with E-state index >= 15 is 0 Å². The third kappa shape index (κ3) is 1.75. The van der Waals surface area contributed by atoms with Gasteiger partial charge in [0.05, 0.1) is 5.92 Å². The van der Waals surface area contributed by atoms with Crippen LogP contribution in [0.3, 0.4) is 0 Å². The van der Waals surface area contributed by atoms with E-state index < -0.39 is 5.97 Å². The number of carboxylic acids is 1. The Morgan fingerprint density at radius 3 is 2.54 bits per heavy atom. The molecule has 0 unspecified atom stereocenters. The summed E-state index contributed by atoms with van der Waals surface area (Å²) in [5, 5.41) is 8.84. The van der Waals surface area contributed by atoms with E-state index in [1.807, 2.05) is 0 Å². The van der Waals surface area contributed by atoms with Crippen molar-refractivity contribution in [1.82, 2.24) is 4.90 Å². The summed E-state index contributed by atoms with van der Waals surface area (Å²) >= 11 is 0. The Balaban J connectivity index is 1.87. The standard InChI is InChI=1S/C10H15NO2/c12-10(13)8-3-4-9(7-8)11-5-1-2-6-11/h1-2,8-9H,3-7H2,(H,12,13)/t8-,9+/m1/s1. The maximum atomic E-state index is 10.7. The number of hydrogen-bond acceptors (Lipinski definition) is 2. The fraction of sp³-hybridized carbons (Fsp3) is 0.700. The molecule has 1 fully saturated rings. The van der Waals surface area contributed by atoms with Crippen molar-refractivity contribution in [3.05, 3.63) is 12.2 Å². The fourth-order valence-corrected chi connectivity index (χ4v) is 2.31. The van der Waals surface area contributed by atoms with E-state index in [1.165, 1.54) is 0 Å². The van der Waals surface area contributed by atoms with Crippen LogP contribution in [0.15, 0.2) is 12.2 Å². The molecule has 1 heterocycles. The molecule has 0 aromatic carbocycles. The second-order valence-corrected chi connectivity index (χ2v) is 3.93. The topological polar surface area (TPSA) is 40.5 Å². The van der Waals surface area contributed by atoms with Crippen LogP contribution in [0.5, 0.6) is 0 Å². The van der Waals surface area contributed by atoms with E-state index in [4.69, 9.17) is 5.11 Å². The van der Waals surface area contributed by atoms with Crippen molar-refractivity contribution in [2.45, 2.75) is 25.3 Å². The van der Waals surface area contributed by atoms with E-state index in [-0.39, 0.29) is 5.92 Å². The number of carbonyl (C=O) groups is 1. The molecule has 0 saturated heterocycles. The molecule has 0 amide bonds. The molecule has 0 aromatic heterocycles. The summed E-state index contributed by atoms with van der Waals surface area (Å²) in [6, 6.07) is 0.510. The van der Waals surface area contributed by atoms with E-state index in [9.17, 15) is 4.79 Å². The minimum atomic E-state index is -0.616. The molecule has 1 aliphatic heterocycles. The van der Waals surface area contributed by atoms with E-state index in [1.54, 1.807) is 0 Å². The predicted molar refractivity (Wildman–Crippen MR) is 49.5 cm³/mol. The van der Waals surface area contributed by atoms with Gasteiger partial charge < -0.3 is 5.11 Å². The third-order valence-electron chi connectivity index (χ3n) is 3.12. The van der Waals surface area contributed by atoms with Crippen molar-refractivity contribution in [2.75, 3.05) is 13.1 Å². The normalized spacial score (nSPS) is 34.2. The van der Waals surface area contributed by atoms with Crippen molar-refractivity contribution in [3.8, 4) is 0 Å². The zero-order chi connectivity index (χ0) is 9.26. The molecular formula is C10H15NO2. The van der Waals surface area contributed by atoms with Gasteiger partial charge in [-0.05, 0) is 19.3 Å². The highest BCUT2D eigenvalue weighted by Crippen LogP contribution is 2.30. The maximum Gasteiger partial charge on any atom is 0.306 e. The fourth-order valence-electron chi connectivity index (χ4n) is 2.31. The second-order valence-electron chi connectivity index (χ2n) is 3.93. The van der Waals surface area contributed by atoms with Gasteiger partial charge >= 0.3 is 5.97 Å². The van der Waals surface area contributed by atoms with Gasteiger partial charge in [-0.3, -0.25) is 9.69 Å². The zero-order valence-corrected chi connectivity index (χ0v) is 7.65. The SMILES string of the molecule is O=C(O)[C@@H]1CC[C@H](N2CC=CC2)C1. The lowest BCUT2D eigenvalue weighted by Crippen LogP contribution is -2.31. The number of hydrogen-bond donors (Lipinski definition) is 1. The Bertz CT molecular complexity index is 229. The summed E-state index contributed by atoms with van der Waals surface area (Å²) < 4.78 is 0. The number of carboxylic acid groups (broad SMARTS) is 1. The Morgan fingerprint density at radius 2 is 2.00 bits per heavy atom. The van der Waals surface area contributed by atoms with E-state index in [2.05, 4.69) is 17.1 Å². The smallest absolute Gasteiger partial charge is 0.306 e. The largest absolute Gasteiger partial charge is 0.481 e. The molecule has 13 heavy (non-hydrogen) atoms. The Kier molecular flexibility index (Phi) is 2.36. The van der Waals surface area contributed by atoms with Crippen LogP contribution in [-0.4, -0.2) is 35.1 Å². The monoisotopic (exact) mass is 181 g/mol. The lowest BCUT2D eigenvalue weighted by atomic mass is 10.1. The van der Waals surface area contributed by atoms with Crippen molar-refractivity contribution in [2.24, 2.45) is 5.92 Å². The molecule has 3 nitrogen and oxygen atoms in total. The molecule has 0 spiro atoms. The molecule has 0 aromatic rings. The van der Waals surface area contributed by atoms with Gasteiger partial charge in [0.1, 0.15) is 0 Å². The lowest BCUT2D eigenvalue weighted by Gasteiger charge is -2.22. The van der Waals surface area contributed by atoms with Crippen LogP contribution in [0.4, 0.5) is 0 Å². The highest BCUT2D eigenvalue weighted by Gasteiger charge is 2.32. The van der Waals surface area contributed by atoms with Crippen molar-refractivity contribution >= 4 is 5.97 Å². The van der Waals surface area contributed by atoms with Crippen LogP contribution in [0.25, 0.3) is 0 Å². The quantitative estimate of drug-likeness (QED) is 0.649. The van der Waals surface area contributed by atoms with Crippen molar-refractivity contribution in [1.29, 1.82) is 0 Å². The molecule has 2 rings (SSSR count). The van der Waals surface area contributed by atoms with E-state index in [0.717, 1.165) is 32.4 Å². The van der Waals surface area contributed by atoms with Crippen molar-refractivity contribution < 1.29 is 9.90 Å². The van der Waals surface area contributed by atoms with Crippen LogP contribution in [0.1, 0.15) is 19.3 Å². The first-order valence-electron chi connectivity index (χ1n) is 4.89. The van der Waals surface area contributed by atoms with Crippen LogP contribution >= 0.6 is 0 Å². The summed E-state index contributed by atoms with van der Waals surface area (Å²) in [6.45, 7) is 2.02. The molecule has 1 saturated carbocycles. The lowest BCUT2D eigenvalue weighted by molar-refractivity contribution is -0.141. The summed E-state index contributed by atoms with van der Waals surface area (Å²) in [7, 11) is 0. The van der Waals surface area contributed by atoms with Gasteiger partial charge in [0.25, 0.3) is 0 Å². The summed E-state index contributed by atoms with van der Waals surface area (Å²) in [4.78, 5) is 13.1. The van der Waals surface area contributed by atoms with Gasteiger partial charge in [0, 0.05) is 19.1 Å². The molecule has 2 atom stereocenters. The average Bonchev–Trinajstić information content (AvgIpc) is 2.75. The first-order valence-corrected chi connectivity index (χ1v) is 4.89. The van der Waals surface area contributed by atoms with Crippen LogP contribution < -0.4 is 0 Å².